The SMILES string of the molecule is C/C=C/[C@H](O)C/C(C)=C/C[C@H](O)CO. The summed E-state index contributed by atoms with van der Waals surface area (Å²) in [5, 5.41) is 27.0. The zero-order valence-electron chi connectivity index (χ0n) is 8.85. The van der Waals surface area contributed by atoms with Gasteiger partial charge in [0.05, 0.1) is 18.8 Å². The summed E-state index contributed by atoms with van der Waals surface area (Å²) in [4.78, 5) is 0. The van der Waals surface area contributed by atoms with E-state index in [1.165, 1.54) is 0 Å². The topological polar surface area (TPSA) is 60.7 Å². The molecule has 0 aromatic heterocycles. The van der Waals surface area contributed by atoms with Crippen LogP contribution in [0.3, 0.4) is 0 Å². The second-order valence-corrected chi connectivity index (χ2v) is 3.42. The molecule has 14 heavy (non-hydrogen) atoms. The summed E-state index contributed by atoms with van der Waals surface area (Å²) in [7, 11) is 0. The summed E-state index contributed by atoms with van der Waals surface area (Å²) in [6.07, 6.45) is 5.23. The molecule has 0 saturated heterocycles. The molecule has 0 amide bonds. The first-order valence-corrected chi connectivity index (χ1v) is 4.85. The van der Waals surface area contributed by atoms with E-state index in [2.05, 4.69) is 0 Å². The van der Waals surface area contributed by atoms with Crippen molar-refractivity contribution in [1.29, 1.82) is 0 Å². The van der Waals surface area contributed by atoms with Crippen LogP contribution < -0.4 is 0 Å². The molecule has 0 radical (unpaired) electrons. The molecule has 2 atom stereocenters. The second kappa shape index (κ2) is 7.74. The lowest BCUT2D eigenvalue weighted by Crippen LogP contribution is -2.10. The highest BCUT2D eigenvalue weighted by Gasteiger charge is 2.02. The van der Waals surface area contributed by atoms with Gasteiger partial charge in [0.2, 0.25) is 0 Å². The monoisotopic (exact) mass is 200 g/mol. The first kappa shape index (κ1) is 13.4. The van der Waals surface area contributed by atoms with Crippen molar-refractivity contribution in [3.63, 3.8) is 0 Å². The molecule has 0 aromatic carbocycles. The summed E-state index contributed by atoms with van der Waals surface area (Å²) in [5.41, 5.74) is 1.02. The average Bonchev–Trinajstić information content (AvgIpc) is 2.14. The maximum absolute atomic E-state index is 9.40. The average molecular weight is 200 g/mol. The number of aliphatic hydroxyl groups is 3. The Hall–Kier alpha value is -0.640. The third-order valence-electron chi connectivity index (χ3n) is 1.89. The summed E-state index contributed by atoms with van der Waals surface area (Å²) >= 11 is 0. The molecule has 0 bridgehead atoms. The molecule has 0 aliphatic heterocycles. The molecule has 3 N–H and O–H groups in total. The van der Waals surface area contributed by atoms with Crippen LogP contribution in [0.4, 0.5) is 0 Å². The van der Waals surface area contributed by atoms with Crippen LogP contribution in [0.2, 0.25) is 0 Å². The van der Waals surface area contributed by atoms with Crippen LogP contribution >= 0.6 is 0 Å². The van der Waals surface area contributed by atoms with E-state index >= 15 is 0 Å². The van der Waals surface area contributed by atoms with E-state index in [4.69, 9.17) is 10.2 Å². The molecule has 0 spiro atoms. The smallest absolute Gasteiger partial charge is 0.0805 e. The van der Waals surface area contributed by atoms with E-state index in [9.17, 15) is 5.11 Å². The molecule has 0 aliphatic rings. The van der Waals surface area contributed by atoms with Gasteiger partial charge in [-0.25, -0.2) is 0 Å². The number of aliphatic hydroxyl groups excluding tert-OH is 3. The van der Waals surface area contributed by atoms with E-state index < -0.39 is 12.2 Å². The molecule has 82 valence electrons. The minimum atomic E-state index is -0.691. The Labute approximate surface area is 85.4 Å². The number of hydrogen-bond acceptors (Lipinski definition) is 3. The van der Waals surface area contributed by atoms with Crippen LogP contribution in [0.5, 0.6) is 0 Å². The van der Waals surface area contributed by atoms with Crippen molar-refractivity contribution in [3.05, 3.63) is 23.8 Å². The lowest BCUT2D eigenvalue weighted by molar-refractivity contribution is 0.0973. The molecule has 0 aliphatic carbocycles. The van der Waals surface area contributed by atoms with Crippen molar-refractivity contribution in [2.24, 2.45) is 0 Å². The summed E-state index contributed by atoms with van der Waals surface area (Å²) in [6, 6.07) is 0. The van der Waals surface area contributed by atoms with Crippen molar-refractivity contribution < 1.29 is 15.3 Å². The summed E-state index contributed by atoms with van der Waals surface area (Å²) in [5.74, 6) is 0. The van der Waals surface area contributed by atoms with Gasteiger partial charge in [0.15, 0.2) is 0 Å². The number of hydrogen-bond donors (Lipinski definition) is 3. The molecule has 0 aromatic rings. The van der Waals surface area contributed by atoms with Crippen molar-refractivity contribution >= 4 is 0 Å². The zero-order valence-corrected chi connectivity index (χ0v) is 8.85. The van der Waals surface area contributed by atoms with Crippen LogP contribution in [0.1, 0.15) is 26.7 Å². The predicted octanol–water partition coefficient (Wildman–Crippen LogP) is 1.00. The lowest BCUT2D eigenvalue weighted by atomic mass is 10.1. The van der Waals surface area contributed by atoms with Gasteiger partial charge in [-0.05, 0) is 26.7 Å². The third-order valence-corrected chi connectivity index (χ3v) is 1.89. The Kier molecular flexibility index (Phi) is 7.38. The first-order chi connectivity index (χ1) is 6.60. The van der Waals surface area contributed by atoms with Gasteiger partial charge in [0.25, 0.3) is 0 Å². The first-order valence-electron chi connectivity index (χ1n) is 4.85. The van der Waals surface area contributed by atoms with Gasteiger partial charge in [-0.2, -0.15) is 0 Å². The molecule has 0 unspecified atom stereocenters. The molecule has 0 fully saturated rings. The van der Waals surface area contributed by atoms with Gasteiger partial charge in [-0.15, -0.1) is 0 Å². The fourth-order valence-electron chi connectivity index (χ4n) is 1.12. The largest absolute Gasteiger partial charge is 0.394 e. The predicted molar refractivity (Wildman–Crippen MR) is 56.9 cm³/mol. The normalized spacial score (nSPS) is 17.4. The Morgan fingerprint density at radius 3 is 2.50 bits per heavy atom. The highest BCUT2D eigenvalue weighted by Crippen LogP contribution is 2.07. The fourth-order valence-corrected chi connectivity index (χ4v) is 1.12. The highest BCUT2D eigenvalue weighted by molar-refractivity contribution is 5.03. The number of allylic oxidation sites excluding steroid dienone is 1. The molecule has 0 heterocycles. The Bertz CT molecular complexity index is 197. The van der Waals surface area contributed by atoms with E-state index in [0.29, 0.717) is 12.8 Å². The summed E-state index contributed by atoms with van der Waals surface area (Å²) < 4.78 is 0. The van der Waals surface area contributed by atoms with Crippen LogP contribution in [-0.4, -0.2) is 34.1 Å². The lowest BCUT2D eigenvalue weighted by Gasteiger charge is -2.07. The van der Waals surface area contributed by atoms with Crippen LogP contribution in [-0.2, 0) is 0 Å². The Morgan fingerprint density at radius 2 is 2.00 bits per heavy atom. The van der Waals surface area contributed by atoms with Gasteiger partial charge in [-0.1, -0.05) is 23.8 Å². The van der Waals surface area contributed by atoms with Gasteiger partial charge in [-0.3, -0.25) is 0 Å². The molecular formula is C11H20O3. The van der Waals surface area contributed by atoms with E-state index in [-0.39, 0.29) is 6.61 Å². The van der Waals surface area contributed by atoms with Crippen molar-refractivity contribution in [3.8, 4) is 0 Å². The van der Waals surface area contributed by atoms with E-state index in [0.717, 1.165) is 5.57 Å². The third kappa shape index (κ3) is 6.83. The molecular weight excluding hydrogens is 180 g/mol. The van der Waals surface area contributed by atoms with E-state index in [1.54, 1.807) is 12.2 Å². The zero-order chi connectivity index (χ0) is 11.0. The van der Waals surface area contributed by atoms with Gasteiger partial charge < -0.3 is 15.3 Å². The second-order valence-electron chi connectivity index (χ2n) is 3.42. The van der Waals surface area contributed by atoms with Gasteiger partial charge in [0, 0.05) is 0 Å². The van der Waals surface area contributed by atoms with Gasteiger partial charge in [0.1, 0.15) is 0 Å². The standard InChI is InChI=1S/C11H20O3/c1-3-4-10(13)7-9(2)5-6-11(14)8-12/h3-5,10-14H,6-8H2,1-2H3/b4-3+,9-5+/t10-,11-/m0/s1. The van der Waals surface area contributed by atoms with E-state index in [1.807, 2.05) is 19.9 Å². The molecule has 3 nitrogen and oxygen atoms in total. The number of rotatable bonds is 6. The maximum atomic E-state index is 9.40. The fraction of sp³-hybridized carbons (Fsp3) is 0.636. The van der Waals surface area contributed by atoms with Crippen molar-refractivity contribution in [2.75, 3.05) is 6.61 Å². The Morgan fingerprint density at radius 1 is 1.36 bits per heavy atom. The maximum Gasteiger partial charge on any atom is 0.0805 e. The van der Waals surface area contributed by atoms with Gasteiger partial charge >= 0.3 is 0 Å². The van der Waals surface area contributed by atoms with Crippen molar-refractivity contribution in [1.82, 2.24) is 0 Å². The quantitative estimate of drug-likeness (QED) is 0.561. The van der Waals surface area contributed by atoms with Crippen LogP contribution in [0, 0.1) is 0 Å². The molecule has 0 saturated carbocycles. The molecule has 0 rings (SSSR count). The minimum Gasteiger partial charge on any atom is -0.394 e. The van der Waals surface area contributed by atoms with Crippen LogP contribution in [0.15, 0.2) is 23.8 Å². The van der Waals surface area contributed by atoms with Crippen LogP contribution in [0.25, 0.3) is 0 Å². The molecule has 3 heteroatoms. The van der Waals surface area contributed by atoms with Crippen molar-refractivity contribution in [2.45, 2.75) is 38.9 Å². The highest BCUT2D eigenvalue weighted by atomic mass is 16.3. The minimum absolute atomic E-state index is 0.221. The Balaban J connectivity index is 3.88. The summed E-state index contributed by atoms with van der Waals surface area (Å²) in [6.45, 7) is 3.54.